The molecule has 3 nitrogen and oxygen atoms in total. The molecule has 0 bridgehead atoms. The Morgan fingerprint density at radius 1 is 0.815 bits per heavy atom. The summed E-state index contributed by atoms with van der Waals surface area (Å²) in [5.41, 5.74) is 4.89. The summed E-state index contributed by atoms with van der Waals surface area (Å²) in [7, 11) is 0. The standard InChI is InChI=1S/C24H24N2O/c1-18-9-8-10-19(15-18)16-27-17-22-25-23(20-11-4-2-5-12-20)24(26-22)21-13-6-3-7-14-21/h2-15,23-24H,16-17H2,1H3,(H,25,26). The van der Waals surface area contributed by atoms with Crippen molar-refractivity contribution in [2.45, 2.75) is 25.6 Å². The van der Waals surface area contributed by atoms with E-state index >= 15 is 0 Å². The van der Waals surface area contributed by atoms with E-state index in [1.165, 1.54) is 22.3 Å². The van der Waals surface area contributed by atoms with Crippen molar-refractivity contribution in [3.8, 4) is 0 Å². The van der Waals surface area contributed by atoms with Crippen LogP contribution in [0.1, 0.15) is 34.3 Å². The van der Waals surface area contributed by atoms with Crippen molar-refractivity contribution in [3.05, 3.63) is 107 Å². The highest BCUT2D eigenvalue weighted by molar-refractivity contribution is 5.86. The molecule has 2 atom stereocenters. The van der Waals surface area contributed by atoms with E-state index in [-0.39, 0.29) is 12.1 Å². The van der Waals surface area contributed by atoms with Gasteiger partial charge in [0, 0.05) is 0 Å². The Morgan fingerprint density at radius 2 is 1.52 bits per heavy atom. The van der Waals surface area contributed by atoms with Crippen LogP contribution in [0.5, 0.6) is 0 Å². The summed E-state index contributed by atoms with van der Waals surface area (Å²) in [6.45, 7) is 3.18. The molecule has 0 aliphatic carbocycles. The van der Waals surface area contributed by atoms with Crippen LogP contribution in [0.4, 0.5) is 0 Å². The highest BCUT2D eigenvalue weighted by atomic mass is 16.5. The lowest BCUT2D eigenvalue weighted by Crippen LogP contribution is -2.27. The molecule has 0 amide bonds. The third-order valence-corrected chi connectivity index (χ3v) is 4.82. The molecule has 3 aromatic carbocycles. The van der Waals surface area contributed by atoms with Gasteiger partial charge < -0.3 is 10.1 Å². The smallest absolute Gasteiger partial charge is 0.124 e. The van der Waals surface area contributed by atoms with Gasteiger partial charge in [-0.1, -0.05) is 90.5 Å². The molecule has 2 unspecified atom stereocenters. The van der Waals surface area contributed by atoms with E-state index in [2.05, 4.69) is 85.0 Å². The average Bonchev–Trinajstić information content (AvgIpc) is 3.14. The summed E-state index contributed by atoms with van der Waals surface area (Å²) in [6, 6.07) is 29.6. The van der Waals surface area contributed by atoms with E-state index in [1.807, 2.05) is 12.1 Å². The minimum Gasteiger partial charge on any atom is -0.369 e. The van der Waals surface area contributed by atoms with E-state index < -0.39 is 0 Å². The zero-order chi connectivity index (χ0) is 18.5. The van der Waals surface area contributed by atoms with E-state index in [9.17, 15) is 0 Å². The lowest BCUT2D eigenvalue weighted by molar-refractivity contribution is 0.156. The molecule has 1 N–H and O–H groups in total. The third-order valence-electron chi connectivity index (χ3n) is 4.82. The van der Waals surface area contributed by atoms with E-state index in [0.717, 1.165) is 5.84 Å². The van der Waals surface area contributed by atoms with Crippen LogP contribution in [-0.4, -0.2) is 12.4 Å². The number of ether oxygens (including phenoxy) is 1. The van der Waals surface area contributed by atoms with Crippen LogP contribution in [0, 0.1) is 6.92 Å². The SMILES string of the molecule is Cc1cccc(COCC2=NC(c3ccccc3)C(c3ccccc3)N2)c1. The molecule has 0 radical (unpaired) electrons. The predicted molar refractivity (Wildman–Crippen MR) is 110 cm³/mol. The Hall–Kier alpha value is -2.91. The van der Waals surface area contributed by atoms with Crippen molar-refractivity contribution in [2.75, 3.05) is 6.61 Å². The number of nitrogens with one attached hydrogen (secondary N) is 1. The molecule has 136 valence electrons. The summed E-state index contributed by atoms with van der Waals surface area (Å²) in [6.07, 6.45) is 0. The number of aliphatic imine (C=N–C) groups is 1. The summed E-state index contributed by atoms with van der Waals surface area (Å²) < 4.78 is 5.93. The molecule has 0 aromatic heterocycles. The Labute approximate surface area is 160 Å². The highest BCUT2D eigenvalue weighted by Crippen LogP contribution is 2.35. The van der Waals surface area contributed by atoms with Crippen LogP contribution in [0.3, 0.4) is 0 Å². The molecule has 3 heteroatoms. The number of rotatable bonds is 6. The average molecular weight is 356 g/mol. The van der Waals surface area contributed by atoms with Gasteiger partial charge >= 0.3 is 0 Å². The van der Waals surface area contributed by atoms with E-state index in [0.29, 0.717) is 13.2 Å². The van der Waals surface area contributed by atoms with Crippen molar-refractivity contribution < 1.29 is 4.74 Å². The summed E-state index contributed by atoms with van der Waals surface area (Å²) in [5, 5.41) is 3.58. The molecule has 0 spiro atoms. The molecular weight excluding hydrogens is 332 g/mol. The Balaban J connectivity index is 1.48. The number of hydrogen-bond donors (Lipinski definition) is 1. The maximum Gasteiger partial charge on any atom is 0.124 e. The van der Waals surface area contributed by atoms with Crippen LogP contribution in [-0.2, 0) is 11.3 Å². The lowest BCUT2D eigenvalue weighted by Gasteiger charge is -2.19. The van der Waals surface area contributed by atoms with Crippen molar-refractivity contribution in [2.24, 2.45) is 4.99 Å². The number of aryl methyl sites for hydroxylation is 1. The molecule has 27 heavy (non-hydrogen) atoms. The van der Waals surface area contributed by atoms with Gasteiger partial charge in [0.25, 0.3) is 0 Å². The lowest BCUT2D eigenvalue weighted by atomic mass is 9.95. The third kappa shape index (κ3) is 4.26. The minimum absolute atomic E-state index is 0.0613. The first kappa shape index (κ1) is 17.5. The fraction of sp³-hybridized carbons (Fsp3) is 0.208. The van der Waals surface area contributed by atoms with Crippen LogP contribution in [0.2, 0.25) is 0 Å². The number of hydrogen-bond acceptors (Lipinski definition) is 3. The van der Waals surface area contributed by atoms with Crippen molar-refractivity contribution in [1.82, 2.24) is 5.32 Å². The van der Waals surface area contributed by atoms with Gasteiger partial charge in [-0.2, -0.15) is 0 Å². The molecule has 3 aromatic rings. The number of amidine groups is 1. The zero-order valence-electron chi connectivity index (χ0n) is 15.5. The normalized spacial score (nSPS) is 18.8. The van der Waals surface area contributed by atoms with Gasteiger partial charge in [0.15, 0.2) is 0 Å². The van der Waals surface area contributed by atoms with Gasteiger partial charge in [-0.15, -0.1) is 0 Å². The number of nitrogens with zero attached hydrogens (tertiary/aromatic N) is 1. The van der Waals surface area contributed by atoms with Crippen molar-refractivity contribution in [3.63, 3.8) is 0 Å². The predicted octanol–water partition coefficient (Wildman–Crippen LogP) is 5.00. The van der Waals surface area contributed by atoms with Crippen molar-refractivity contribution in [1.29, 1.82) is 0 Å². The molecular formula is C24H24N2O. The second-order valence-corrected chi connectivity index (χ2v) is 6.95. The summed E-state index contributed by atoms with van der Waals surface area (Å²) in [4.78, 5) is 4.95. The number of benzene rings is 3. The Bertz CT molecular complexity index is 906. The maximum absolute atomic E-state index is 5.93. The second kappa shape index (κ2) is 8.19. The molecule has 0 fully saturated rings. The fourth-order valence-corrected chi connectivity index (χ4v) is 3.53. The van der Waals surface area contributed by atoms with Gasteiger partial charge in [0.1, 0.15) is 18.5 Å². The van der Waals surface area contributed by atoms with E-state index in [4.69, 9.17) is 9.73 Å². The first-order valence-corrected chi connectivity index (χ1v) is 9.36. The van der Waals surface area contributed by atoms with Crippen molar-refractivity contribution >= 4 is 5.84 Å². The Kier molecular flexibility index (Phi) is 5.31. The maximum atomic E-state index is 5.93. The molecule has 0 saturated carbocycles. The van der Waals surface area contributed by atoms with Crippen LogP contribution < -0.4 is 5.32 Å². The van der Waals surface area contributed by atoms with Crippen LogP contribution in [0.25, 0.3) is 0 Å². The van der Waals surface area contributed by atoms with E-state index in [1.54, 1.807) is 0 Å². The topological polar surface area (TPSA) is 33.6 Å². The Morgan fingerprint density at radius 3 is 2.22 bits per heavy atom. The summed E-state index contributed by atoms with van der Waals surface area (Å²) >= 11 is 0. The minimum atomic E-state index is 0.0613. The quantitative estimate of drug-likeness (QED) is 0.674. The summed E-state index contributed by atoms with van der Waals surface area (Å²) in [5.74, 6) is 0.908. The molecule has 4 rings (SSSR count). The molecule has 1 heterocycles. The van der Waals surface area contributed by atoms with Gasteiger partial charge in [-0.25, -0.2) is 0 Å². The van der Waals surface area contributed by atoms with Gasteiger partial charge in [-0.05, 0) is 23.6 Å². The molecule has 0 saturated heterocycles. The fourth-order valence-electron chi connectivity index (χ4n) is 3.53. The highest BCUT2D eigenvalue weighted by Gasteiger charge is 2.30. The first-order chi connectivity index (χ1) is 13.3. The largest absolute Gasteiger partial charge is 0.369 e. The van der Waals surface area contributed by atoms with Crippen LogP contribution >= 0.6 is 0 Å². The van der Waals surface area contributed by atoms with Crippen LogP contribution in [0.15, 0.2) is 89.9 Å². The second-order valence-electron chi connectivity index (χ2n) is 6.95. The van der Waals surface area contributed by atoms with Gasteiger partial charge in [-0.3, -0.25) is 4.99 Å². The first-order valence-electron chi connectivity index (χ1n) is 9.36. The monoisotopic (exact) mass is 356 g/mol. The van der Waals surface area contributed by atoms with Gasteiger partial charge in [0.2, 0.25) is 0 Å². The molecule has 1 aliphatic heterocycles. The zero-order valence-corrected chi connectivity index (χ0v) is 15.5. The molecule has 1 aliphatic rings. The van der Waals surface area contributed by atoms with Gasteiger partial charge in [0.05, 0.1) is 12.6 Å².